The van der Waals surface area contributed by atoms with Crippen molar-refractivity contribution in [2.45, 2.75) is 26.7 Å². The third-order valence-corrected chi connectivity index (χ3v) is 10.00. The minimum absolute atomic E-state index is 0. The number of hydrogen-bond donors (Lipinski definition) is 0. The molecule has 0 saturated carbocycles. The van der Waals surface area contributed by atoms with E-state index in [1.807, 2.05) is 0 Å². The molecule has 0 aliphatic carbocycles. The Morgan fingerprint density at radius 3 is 1.81 bits per heavy atom. The molecule has 1 atom stereocenters. The molecule has 0 spiro atoms. The summed E-state index contributed by atoms with van der Waals surface area (Å²) in [5.41, 5.74) is 8.16. The van der Waals surface area contributed by atoms with Crippen LogP contribution in [-0.2, 0) is 39.0 Å². The molecule has 8 aromatic carbocycles. The van der Waals surface area contributed by atoms with Crippen molar-refractivity contribution in [1.29, 1.82) is 0 Å². The van der Waals surface area contributed by atoms with Crippen molar-refractivity contribution in [1.82, 2.24) is 0 Å². The van der Waals surface area contributed by atoms with Gasteiger partial charge >= 0.3 is 26.2 Å². The summed E-state index contributed by atoms with van der Waals surface area (Å²) in [5, 5.41) is 8.33. The maximum atomic E-state index is 2.26. The first kappa shape index (κ1) is 35.2. The second-order valence-corrected chi connectivity index (χ2v) is 13.3. The zero-order valence-corrected chi connectivity index (χ0v) is 31.2. The molecule has 48 heavy (non-hydrogen) atoms. The normalized spacial score (nSPS) is 10.6. The fraction of sp³-hybridized carbons (Fsp3) is 0.0870. The van der Waals surface area contributed by atoms with Crippen molar-refractivity contribution >= 4 is 40.7 Å². The van der Waals surface area contributed by atoms with Crippen molar-refractivity contribution in [3.63, 3.8) is 0 Å². The molecule has 8 rings (SSSR count). The van der Waals surface area contributed by atoms with Gasteiger partial charge in [-0.1, -0.05) is 140 Å². The van der Waals surface area contributed by atoms with E-state index in [1.165, 1.54) is 65.5 Å². The molecule has 0 aromatic heterocycles. The first-order valence-electron chi connectivity index (χ1n) is 16.4. The van der Waals surface area contributed by atoms with Crippen LogP contribution in [0.25, 0.3) is 32.7 Å². The molecule has 1 unspecified atom stereocenters. The SMILES string of the molecule is Cc1cc2c(-c3ccccc3)cccc2[cH-]1.Cc1ccccc1P[c-]1ccc2ccccc21.[Zr+2].c1ccc(CCc2ccccc2)cc1. The molecule has 0 heterocycles. The van der Waals surface area contributed by atoms with E-state index in [0.717, 1.165) is 21.4 Å². The van der Waals surface area contributed by atoms with Crippen LogP contribution in [0.15, 0.2) is 182 Å². The van der Waals surface area contributed by atoms with Gasteiger partial charge in [0.25, 0.3) is 0 Å². The van der Waals surface area contributed by atoms with E-state index >= 15 is 0 Å². The summed E-state index contributed by atoms with van der Waals surface area (Å²) in [6.07, 6.45) is 2.26. The van der Waals surface area contributed by atoms with Crippen LogP contribution < -0.4 is 10.6 Å². The largest absolute Gasteiger partial charge is 2.00 e. The van der Waals surface area contributed by atoms with Gasteiger partial charge in [0.05, 0.1) is 0 Å². The van der Waals surface area contributed by atoms with E-state index in [-0.39, 0.29) is 26.2 Å². The van der Waals surface area contributed by atoms with E-state index < -0.39 is 0 Å². The van der Waals surface area contributed by atoms with Crippen molar-refractivity contribution in [3.8, 4) is 11.1 Å². The smallest absolute Gasteiger partial charge is 0.168 e. The van der Waals surface area contributed by atoms with Crippen LogP contribution in [0.2, 0.25) is 0 Å². The molecule has 234 valence electrons. The maximum Gasteiger partial charge on any atom is 2.00 e. The third kappa shape index (κ3) is 9.48. The molecular formula is C46H41PZr. The van der Waals surface area contributed by atoms with E-state index in [9.17, 15) is 0 Å². The molecule has 0 bridgehead atoms. The van der Waals surface area contributed by atoms with Crippen molar-refractivity contribution in [3.05, 3.63) is 204 Å². The Morgan fingerprint density at radius 1 is 0.562 bits per heavy atom. The summed E-state index contributed by atoms with van der Waals surface area (Å²) < 4.78 is 0. The van der Waals surface area contributed by atoms with Gasteiger partial charge in [-0.3, -0.25) is 0 Å². The second kappa shape index (κ2) is 17.8. The van der Waals surface area contributed by atoms with Crippen LogP contribution in [0.5, 0.6) is 0 Å². The summed E-state index contributed by atoms with van der Waals surface area (Å²) in [4.78, 5) is 0. The summed E-state index contributed by atoms with van der Waals surface area (Å²) in [6.45, 7) is 4.34. The van der Waals surface area contributed by atoms with E-state index in [0.29, 0.717) is 0 Å². The number of benzene rings is 6. The molecule has 0 aliphatic heterocycles. The Kier molecular flexibility index (Phi) is 13.1. The minimum Gasteiger partial charge on any atom is -0.168 e. The predicted octanol–water partition coefficient (Wildman–Crippen LogP) is 11.5. The van der Waals surface area contributed by atoms with Crippen LogP contribution in [0, 0.1) is 13.8 Å². The molecule has 0 amide bonds. The van der Waals surface area contributed by atoms with Gasteiger partial charge in [-0.05, 0) is 47.3 Å². The van der Waals surface area contributed by atoms with Gasteiger partial charge in [-0.25, -0.2) is 0 Å². The molecule has 0 radical (unpaired) electrons. The Labute approximate surface area is 307 Å². The van der Waals surface area contributed by atoms with Crippen LogP contribution in [0.3, 0.4) is 0 Å². The molecule has 0 aliphatic rings. The maximum absolute atomic E-state index is 2.26. The summed E-state index contributed by atoms with van der Waals surface area (Å²) in [5.74, 6) is 0. The summed E-state index contributed by atoms with van der Waals surface area (Å²) >= 11 is 0. The number of fused-ring (bicyclic) bond motifs is 2. The van der Waals surface area contributed by atoms with E-state index in [2.05, 4.69) is 196 Å². The quantitative estimate of drug-likeness (QED) is 0.119. The fourth-order valence-corrected chi connectivity index (χ4v) is 7.23. The van der Waals surface area contributed by atoms with Crippen molar-refractivity contribution in [2.24, 2.45) is 0 Å². The monoisotopic (exact) mass is 714 g/mol. The zero-order valence-electron chi connectivity index (χ0n) is 27.7. The summed E-state index contributed by atoms with van der Waals surface area (Å²) in [6, 6.07) is 64.5. The van der Waals surface area contributed by atoms with Crippen LogP contribution in [0.1, 0.15) is 22.3 Å². The second-order valence-electron chi connectivity index (χ2n) is 12.0. The first-order valence-corrected chi connectivity index (χ1v) is 17.4. The Bertz CT molecular complexity index is 2080. The summed E-state index contributed by atoms with van der Waals surface area (Å²) in [7, 11) is 0.754. The minimum atomic E-state index is 0. The topological polar surface area (TPSA) is 0 Å². The average molecular weight is 716 g/mol. The van der Waals surface area contributed by atoms with Crippen molar-refractivity contribution < 1.29 is 26.2 Å². The molecule has 0 saturated heterocycles. The molecule has 0 fully saturated rings. The Balaban J connectivity index is 0.000000140. The van der Waals surface area contributed by atoms with Crippen LogP contribution in [0.4, 0.5) is 0 Å². The Morgan fingerprint density at radius 2 is 1.15 bits per heavy atom. The number of hydrogen-bond acceptors (Lipinski definition) is 0. The number of rotatable bonds is 6. The van der Waals surface area contributed by atoms with Gasteiger partial charge in [-0.2, -0.15) is 12.1 Å². The average Bonchev–Trinajstić information content (AvgIpc) is 3.72. The molecule has 0 nitrogen and oxygen atoms in total. The fourth-order valence-electron chi connectivity index (χ4n) is 5.95. The van der Waals surface area contributed by atoms with E-state index in [4.69, 9.17) is 0 Å². The van der Waals surface area contributed by atoms with Gasteiger partial charge in [0, 0.05) is 0 Å². The van der Waals surface area contributed by atoms with Gasteiger partial charge in [0.15, 0.2) is 0 Å². The predicted molar refractivity (Wildman–Crippen MR) is 208 cm³/mol. The van der Waals surface area contributed by atoms with E-state index in [1.54, 1.807) is 0 Å². The Hall–Kier alpha value is -4.15. The van der Waals surface area contributed by atoms with Gasteiger partial charge in [0.2, 0.25) is 0 Å². The van der Waals surface area contributed by atoms with Crippen LogP contribution in [-0.4, -0.2) is 0 Å². The molecule has 8 aromatic rings. The first-order chi connectivity index (χ1) is 23.1. The third-order valence-electron chi connectivity index (χ3n) is 8.46. The number of aryl methyl sites for hydroxylation is 4. The molecule has 2 heteroatoms. The standard InChI is InChI=1S/C16H14P.C16H13.C14H14.Zr/c1-12-6-2-5-9-15(12)17-16-11-10-13-7-3-4-8-14(13)16;1-12-10-14-8-5-9-15(16(14)11-12)13-6-3-2-4-7-13;1-3-7-13(8-4-1)11-12-14-9-5-2-6-10-14;/h2-11,17H,1H3;2-11H,1H3;1-10H,11-12H2;/q2*-1;;+2. The van der Waals surface area contributed by atoms with Gasteiger partial charge in [-0.15, -0.1) is 83.5 Å². The molecule has 0 N–H and O–H groups in total. The van der Waals surface area contributed by atoms with Gasteiger partial charge in [0.1, 0.15) is 0 Å². The zero-order chi connectivity index (χ0) is 32.3. The van der Waals surface area contributed by atoms with Crippen LogP contribution >= 0.6 is 8.58 Å². The van der Waals surface area contributed by atoms with Gasteiger partial charge < -0.3 is 0 Å². The van der Waals surface area contributed by atoms with Crippen molar-refractivity contribution in [2.75, 3.05) is 0 Å². The molecular weight excluding hydrogens is 675 g/mol.